The molecular weight excluding hydrogens is 1030 g/mol. The van der Waals surface area contributed by atoms with Crippen LogP contribution in [0.5, 0.6) is 0 Å². The average molecular weight is 1190 g/mol. The van der Waals surface area contributed by atoms with E-state index in [2.05, 4.69) is 31.3 Å². The molecule has 2 unspecified atom stereocenters. The lowest BCUT2D eigenvalue weighted by Gasteiger charge is -2.22. The molecule has 3 N–H and O–H groups in total. The summed E-state index contributed by atoms with van der Waals surface area (Å²) in [6.07, 6.45) is 92.9. The molecule has 0 aromatic heterocycles. The molecule has 0 aliphatic rings. The lowest BCUT2D eigenvalue weighted by Crippen LogP contribution is -2.45. The summed E-state index contributed by atoms with van der Waals surface area (Å²) >= 11 is 0. The first kappa shape index (κ1) is 82.6. The molecule has 500 valence electrons. The SMILES string of the molecule is CCCCCCCCCCCCCCCCCCCCCC(=O)OCCCCCCCCCCCCCC/C=C\CCCCCCCCCCCCCCCC(=O)NC(CO)C(O)CCCCCCCCCCCCCCCCCCCCC. The Morgan fingerprint density at radius 3 is 0.845 bits per heavy atom. The first-order chi connectivity index (χ1) is 41.5. The quantitative estimate of drug-likeness (QED) is 0.0320. The minimum atomic E-state index is -0.664. The summed E-state index contributed by atoms with van der Waals surface area (Å²) in [7, 11) is 0. The predicted molar refractivity (Wildman–Crippen MR) is 370 cm³/mol. The number of carbonyl (C=O) groups excluding carboxylic acids is 2. The van der Waals surface area contributed by atoms with Crippen LogP contribution in [0.2, 0.25) is 0 Å². The number of amides is 1. The largest absolute Gasteiger partial charge is 0.466 e. The van der Waals surface area contributed by atoms with Crippen molar-refractivity contribution in [2.75, 3.05) is 13.2 Å². The fraction of sp³-hybridized carbons (Fsp3) is 0.949. The van der Waals surface area contributed by atoms with Crippen LogP contribution < -0.4 is 5.32 Å². The van der Waals surface area contributed by atoms with Crippen molar-refractivity contribution in [2.45, 2.75) is 463 Å². The van der Waals surface area contributed by atoms with Crippen molar-refractivity contribution in [1.29, 1.82) is 0 Å². The summed E-state index contributed by atoms with van der Waals surface area (Å²) in [5.41, 5.74) is 0. The Labute approximate surface area is 527 Å². The number of allylic oxidation sites excluding steroid dienone is 2. The fourth-order valence-electron chi connectivity index (χ4n) is 12.6. The summed E-state index contributed by atoms with van der Waals surface area (Å²) in [6.45, 7) is 5.01. The number of rotatable bonds is 74. The van der Waals surface area contributed by atoms with Gasteiger partial charge in [-0.05, 0) is 51.4 Å². The van der Waals surface area contributed by atoms with Crippen molar-refractivity contribution >= 4 is 11.9 Å². The minimum absolute atomic E-state index is 0.0227. The van der Waals surface area contributed by atoms with E-state index in [4.69, 9.17) is 4.74 Å². The van der Waals surface area contributed by atoms with Crippen LogP contribution in [-0.4, -0.2) is 47.4 Å². The van der Waals surface area contributed by atoms with E-state index in [1.807, 2.05) is 0 Å². The van der Waals surface area contributed by atoms with Crippen molar-refractivity contribution in [3.63, 3.8) is 0 Å². The van der Waals surface area contributed by atoms with Crippen LogP contribution in [0.15, 0.2) is 12.2 Å². The van der Waals surface area contributed by atoms with E-state index in [0.717, 1.165) is 38.5 Å². The van der Waals surface area contributed by atoms with Gasteiger partial charge in [0, 0.05) is 12.8 Å². The van der Waals surface area contributed by atoms with Crippen molar-refractivity contribution < 1.29 is 24.5 Å². The number of hydrogen-bond acceptors (Lipinski definition) is 5. The molecule has 0 rings (SSSR count). The third kappa shape index (κ3) is 69.7. The highest BCUT2D eigenvalue weighted by molar-refractivity contribution is 5.76. The highest BCUT2D eigenvalue weighted by atomic mass is 16.5. The fourth-order valence-corrected chi connectivity index (χ4v) is 12.6. The van der Waals surface area contributed by atoms with Crippen LogP contribution in [0.4, 0.5) is 0 Å². The molecule has 0 spiro atoms. The molecule has 0 saturated carbocycles. The van der Waals surface area contributed by atoms with Crippen LogP contribution in [-0.2, 0) is 14.3 Å². The molecule has 1 amide bonds. The number of nitrogens with one attached hydrogen (secondary N) is 1. The standard InChI is InChI=1S/C78H153NO5/c1-3-5-7-9-11-13-15-17-19-21-34-38-42-46-50-54-58-62-66-70-76(81)75(74-80)79-77(82)71-67-63-59-55-51-47-43-39-36-32-30-28-26-24-23-25-27-29-31-33-37-41-45-49-53-57-61-65-69-73-84-78(83)72-68-64-60-56-52-48-44-40-35-22-20-18-16-14-12-10-8-6-4-2/h23,25,75-76,80-81H,3-22,24,26-74H2,1-2H3,(H,79,82)/b25-23-. The van der Waals surface area contributed by atoms with Crippen molar-refractivity contribution in [1.82, 2.24) is 5.32 Å². The molecule has 0 heterocycles. The van der Waals surface area contributed by atoms with Crippen molar-refractivity contribution in [3.8, 4) is 0 Å². The van der Waals surface area contributed by atoms with E-state index >= 15 is 0 Å². The maximum absolute atomic E-state index is 12.5. The van der Waals surface area contributed by atoms with Gasteiger partial charge in [0.05, 0.1) is 25.4 Å². The Hall–Kier alpha value is -1.40. The predicted octanol–water partition coefficient (Wildman–Crippen LogP) is 25.5. The van der Waals surface area contributed by atoms with E-state index in [-0.39, 0.29) is 18.5 Å². The molecule has 0 saturated heterocycles. The molecule has 0 aromatic carbocycles. The number of hydrogen-bond donors (Lipinski definition) is 3. The second kappa shape index (κ2) is 74.1. The number of aliphatic hydroxyl groups excluding tert-OH is 2. The van der Waals surface area contributed by atoms with Gasteiger partial charge in [0.15, 0.2) is 0 Å². The molecule has 6 heteroatoms. The van der Waals surface area contributed by atoms with Gasteiger partial charge >= 0.3 is 5.97 Å². The lowest BCUT2D eigenvalue weighted by atomic mass is 10.0. The van der Waals surface area contributed by atoms with E-state index < -0.39 is 12.1 Å². The molecule has 0 aliphatic carbocycles. The maximum atomic E-state index is 12.5. The summed E-state index contributed by atoms with van der Waals surface area (Å²) in [6, 6.07) is -0.541. The van der Waals surface area contributed by atoms with E-state index in [1.165, 1.54) is 379 Å². The zero-order chi connectivity index (χ0) is 60.6. The third-order valence-corrected chi connectivity index (χ3v) is 18.6. The van der Waals surface area contributed by atoms with Gasteiger partial charge in [-0.25, -0.2) is 0 Å². The molecule has 0 fully saturated rings. The first-order valence-corrected chi connectivity index (χ1v) is 38.9. The van der Waals surface area contributed by atoms with Gasteiger partial charge in [-0.3, -0.25) is 9.59 Å². The summed E-state index contributed by atoms with van der Waals surface area (Å²) in [5, 5.41) is 23.4. The average Bonchev–Trinajstić information content (AvgIpc) is 3.51. The van der Waals surface area contributed by atoms with E-state index in [9.17, 15) is 19.8 Å². The summed E-state index contributed by atoms with van der Waals surface area (Å²) in [5.74, 6) is -0.00646. The Morgan fingerprint density at radius 2 is 0.560 bits per heavy atom. The van der Waals surface area contributed by atoms with Gasteiger partial charge in [-0.2, -0.15) is 0 Å². The van der Waals surface area contributed by atoms with Gasteiger partial charge in [0.25, 0.3) is 0 Å². The Balaban J connectivity index is 3.35. The van der Waals surface area contributed by atoms with Gasteiger partial charge in [-0.15, -0.1) is 0 Å². The number of unbranched alkanes of at least 4 members (excludes halogenated alkanes) is 61. The Kier molecular flexibility index (Phi) is 72.8. The Bertz CT molecular complexity index is 1270. The molecule has 0 aliphatic heterocycles. The molecular formula is C78H153NO5. The third-order valence-electron chi connectivity index (χ3n) is 18.6. The van der Waals surface area contributed by atoms with Crippen LogP contribution in [0.25, 0.3) is 0 Å². The molecule has 6 nitrogen and oxygen atoms in total. The second-order valence-corrected chi connectivity index (χ2v) is 27.0. The van der Waals surface area contributed by atoms with E-state index in [0.29, 0.717) is 25.9 Å². The molecule has 0 bridgehead atoms. The minimum Gasteiger partial charge on any atom is -0.466 e. The summed E-state index contributed by atoms with van der Waals surface area (Å²) < 4.78 is 5.52. The molecule has 2 atom stereocenters. The lowest BCUT2D eigenvalue weighted by molar-refractivity contribution is -0.143. The number of carbonyl (C=O) groups is 2. The van der Waals surface area contributed by atoms with Crippen LogP contribution in [0.1, 0.15) is 450 Å². The molecule has 0 radical (unpaired) electrons. The number of esters is 1. The zero-order valence-corrected chi connectivity index (χ0v) is 57.4. The topological polar surface area (TPSA) is 95.9 Å². The van der Waals surface area contributed by atoms with E-state index in [1.54, 1.807) is 0 Å². The van der Waals surface area contributed by atoms with Crippen LogP contribution >= 0.6 is 0 Å². The highest BCUT2D eigenvalue weighted by Crippen LogP contribution is 2.20. The highest BCUT2D eigenvalue weighted by Gasteiger charge is 2.20. The van der Waals surface area contributed by atoms with Crippen molar-refractivity contribution in [2.24, 2.45) is 0 Å². The molecule has 84 heavy (non-hydrogen) atoms. The number of ether oxygens (including phenoxy) is 1. The van der Waals surface area contributed by atoms with Crippen LogP contribution in [0, 0.1) is 0 Å². The smallest absolute Gasteiger partial charge is 0.305 e. The molecule has 0 aromatic rings. The normalized spacial score (nSPS) is 12.5. The van der Waals surface area contributed by atoms with Gasteiger partial charge in [0.2, 0.25) is 5.91 Å². The second-order valence-electron chi connectivity index (χ2n) is 27.0. The number of aliphatic hydroxyl groups is 2. The van der Waals surface area contributed by atoms with Gasteiger partial charge in [0.1, 0.15) is 0 Å². The first-order valence-electron chi connectivity index (χ1n) is 38.9. The zero-order valence-electron chi connectivity index (χ0n) is 57.4. The van der Waals surface area contributed by atoms with Crippen LogP contribution in [0.3, 0.4) is 0 Å². The maximum Gasteiger partial charge on any atom is 0.305 e. The van der Waals surface area contributed by atoms with Gasteiger partial charge in [-0.1, -0.05) is 398 Å². The van der Waals surface area contributed by atoms with Gasteiger partial charge < -0.3 is 20.3 Å². The Morgan fingerprint density at radius 1 is 0.321 bits per heavy atom. The summed E-state index contributed by atoms with van der Waals surface area (Å²) in [4.78, 5) is 24.7. The van der Waals surface area contributed by atoms with Crippen molar-refractivity contribution in [3.05, 3.63) is 12.2 Å². The monoisotopic (exact) mass is 1180 g/mol.